The number of morpholine rings is 1. The van der Waals surface area contributed by atoms with Crippen LogP contribution in [0.2, 0.25) is 0 Å². The second-order valence-electron chi connectivity index (χ2n) is 10.2. The summed E-state index contributed by atoms with van der Waals surface area (Å²) < 4.78 is 71.0. The molecule has 3 saturated heterocycles. The fourth-order valence-corrected chi connectivity index (χ4v) is 6.65. The van der Waals surface area contributed by atoms with Crippen LogP contribution in [0, 0.1) is 23.2 Å². The molecule has 0 saturated carbocycles. The van der Waals surface area contributed by atoms with Crippen molar-refractivity contribution in [1.82, 2.24) is 0 Å². The highest BCUT2D eigenvalue weighted by Crippen LogP contribution is 2.56. The van der Waals surface area contributed by atoms with E-state index in [0.717, 1.165) is 23.3 Å². The second-order valence-corrected chi connectivity index (χ2v) is 12.2. The van der Waals surface area contributed by atoms with Crippen molar-refractivity contribution in [2.24, 2.45) is 11.8 Å². The van der Waals surface area contributed by atoms with Gasteiger partial charge in [-0.25, -0.2) is 13.3 Å². The van der Waals surface area contributed by atoms with Crippen LogP contribution in [-0.4, -0.2) is 50.8 Å². The van der Waals surface area contributed by atoms with Crippen molar-refractivity contribution < 1.29 is 35.9 Å². The van der Waals surface area contributed by atoms with E-state index in [1.54, 1.807) is 26.0 Å². The summed E-state index contributed by atoms with van der Waals surface area (Å²) in [7, 11) is -3.47. The quantitative estimate of drug-likeness (QED) is 0.558. The Morgan fingerprint density at radius 1 is 1.00 bits per heavy atom. The third-order valence-electron chi connectivity index (χ3n) is 7.40. The van der Waals surface area contributed by atoms with Crippen LogP contribution in [-0.2, 0) is 30.3 Å². The number of sulfone groups is 1. The molecule has 3 fully saturated rings. The summed E-state index contributed by atoms with van der Waals surface area (Å²) in [4.78, 5) is 30.0. The normalized spacial score (nSPS) is 29.4. The standard InChI is InChI=1S/C25H22F3N3O5S/c1-23-12-30(15-5-4-6-17(9-15)37(3,34)35)13-24(2,36-23)20-19(23)21(32)31(22(20)33)16-8-7-14(11-29)18(10-16)25(26,27)28/h4-10,19-20H,12-13H2,1-3H3/t19-,20+,23-,24+. The van der Waals surface area contributed by atoms with E-state index in [1.807, 2.05) is 4.90 Å². The monoisotopic (exact) mass is 533 g/mol. The van der Waals surface area contributed by atoms with Gasteiger partial charge in [0.05, 0.1) is 50.8 Å². The zero-order valence-corrected chi connectivity index (χ0v) is 20.9. The summed E-state index contributed by atoms with van der Waals surface area (Å²) in [6, 6.07) is 10.6. The Labute approximate surface area is 211 Å². The summed E-state index contributed by atoms with van der Waals surface area (Å²) in [5.74, 6) is -3.27. The van der Waals surface area contributed by atoms with E-state index in [1.165, 1.54) is 18.2 Å². The number of carbonyl (C=O) groups excluding carboxylic acids is 2. The number of halogens is 3. The Morgan fingerprint density at radius 3 is 2.11 bits per heavy atom. The molecule has 0 N–H and O–H groups in total. The average molecular weight is 534 g/mol. The Morgan fingerprint density at radius 2 is 1.59 bits per heavy atom. The third kappa shape index (κ3) is 3.79. The van der Waals surface area contributed by atoms with Crippen LogP contribution in [0.25, 0.3) is 0 Å². The average Bonchev–Trinajstić information content (AvgIpc) is 3.17. The maximum absolute atomic E-state index is 13.6. The number of hydrogen-bond acceptors (Lipinski definition) is 7. The van der Waals surface area contributed by atoms with Crippen molar-refractivity contribution in [2.75, 3.05) is 29.1 Å². The number of rotatable bonds is 3. The number of alkyl halides is 3. The first-order chi connectivity index (χ1) is 17.1. The smallest absolute Gasteiger partial charge is 0.366 e. The molecule has 0 unspecified atom stereocenters. The number of ether oxygens (including phenoxy) is 1. The van der Waals surface area contributed by atoms with Crippen LogP contribution in [0.15, 0.2) is 47.4 Å². The number of benzene rings is 2. The Hall–Kier alpha value is -3.43. The van der Waals surface area contributed by atoms with E-state index in [2.05, 4.69) is 0 Å². The molecular formula is C25H22F3N3O5S. The molecule has 4 atom stereocenters. The van der Waals surface area contributed by atoms with Crippen LogP contribution < -0.4 is 9.80 Å². The molecule has 0 aliphatic carbocycles. The van der Waals surface area contributed by atoms with E-state index >= 15 is 0 Å². The lowest BCUT2D eigenvalue weighted by Gasteiger charge is -2.46. The van der Waals surface area contributed by atoms with Crippen molar-refractivity contribution in [3.05, 3.63) is 53.6 Å². The minimum absolute atomic E-state index is 0.124. The Balaban J connectivity index is 1.53. The highest BCUT2D eigenvalue weighted by atomic mass is 32.2. The van der Waals surface area contributed by atoms with Gasteiger partial charge in [0.15, 0.2) is 9.84 Å². The fraction of sp³-hybridized carbons (Fsp3) is 0.400. The fourth-order valence-electron chi connectivity index (χ4n) is 5.99. The molecule has 12 heteroatoms. The molecule has 0 spiro atoms. The Bertz CT molecular complexity index is 1470. The topological polar surface area (TPSA) is 108 Å². The molecule has 0 radical (unpaired) electrons. The van der Waals surface area contributed by atoms with Crippen molar-refractivity contribution in [3.8, 4) is 6.07 Å². The SMILES string of the molecule is C[C@]12CN(c3cccc(S(C)(=O)=O)c3)C[C@](C)(O1)[C@@H]1C(=O)N(c3ccc(C#N)c(C(F)(F)F)c3)C(=O)[C@@H]12. The number of anilines is 2. The largest absolute Gasteiger partial charge is 0.417 e. The zero-order valence-electron chi connectivity index (χ0n) is 20.0. The van der Waals surface area contributed by atoms with E-state index in [4.69, 9.17) is 10.00 Å². The van der Waals surface area contributed by atoms with Gasteiger partial charge in [-0.05, 0) is 50.2 Å². The maximum Gasteiger partial charge on any atom is 0.417 e. The molecule has 2 amide bonds. The number of amides is 2. The summed E-state index contributed by atoms with van der Waals surface area (Å²) in [5.41, 5.74) is -3.84. The lowest BCUT2D eigenvalue weighted by molar-refractivity contribution is -0.142. The summed E-state index contributed by atoms with van der Waals surface area (Å²) in [6.07, 6.45) is -3.75. The van der Waals surface area contributed by atoms with Crippen molar-refractivity contribution in [2.45, 2.75) is 36.1 Å². The van der Waals surface area contributed by atoms with Gasteiger partial charge < -0.3 is 9.64 Å². The number of carbonyl (C=O) groups is 2. The van der Waals surface area contributed by atoms with Crippen LogP contribution in [0.5, 0.6) is 0 Å². The first kappa shape index (κ1) is 25.2. The molecule has 3 heterocycles. The van der Waals surface area contributed by atoms with Crippen molar-refractivity contribution in [3.63, 3.8) is 0 Å². The van der Waals surface area contributed by atoms with E-state index < -0.39 is 62.0 Å². The molecule has 0 aromatic heterocycles. The second kappa shape index (κ2) is 7.79. The lowest BCUT2D eigenvalue weighted by atomic mass is 9.79. The molecule has 2 aromatic carbocycles. The van der Waals surface area contributed by atoms with Crippen molar-refractivity contribution >= 4 is 33.0 Å². The van der Waals surface area contributed by atoms with Crippen molar-refractivity contribution in [1.29, 1.82) is 5.26 Å². The van der Waals surface area contributed by atoms with E-state index in [0.29, 0.717) is 11.8 Å². The van der Waals surface area contributed by atoms with Gasteiger partial charge in [-0.3, -0.25) is 9.59 Å². The molecule has 3 aliphatic heterocycles. The summed E-state index contributed by atoms with van der Waals surface area (Å²) in [6.45, 7) is 3.67. The molecule has 2 bridgehead atoms. The summed E-state index contributed by atoms with van der Waals surface area (Å²) in [5, 5.41) is 9.08. The van der Waals surface area contributed by atoms with Crippen LogP contribution in [0.4, 0.5) is 24.5 Å². The zero-order chi connectivity index (χ0) is 27.1. The molecule has 3 aliphatic rings. The Kier molecular flexibility index (Phi) is 5.31. The number of nitrogens with zero attached hydrogens (tertiary/aromatic N) is 3. The molecule has 194 valence electrons. The highest BCUT2D eigenvalue weighted by Gasteiger charge is 2.71. The van der Waals surface area contributed by atoms with Gasteiger partial charge in [-0.2, -0.15) is 18.4 Å². The molecule has 37 heavy (non-hydrogen) atoms. The van der Waals surface area contributed by atoms with Crippen LogP contribution >= 0.6 is 0 Å². The number of imide groups is 1. The molecule has 5 rings (SSSR count). The molecular weight excluding hydrogens is 511 g/mol. The van der Waals surface area contributed by atoms with Crippen LogP contribution in [0.3, 0.4) is 0 Å². The van der Waals surface area contributed by atoms with Gasteiger partial charge in [-0.1, -0.05) is 6.07 Å². The first-order valence-corrected chi connectivity index (χ1v) is 13.2. The van der Waals surface area contributed by atoms with Crippen LogP contribution in [0.1, 0.15) is 25.0 Å². The molecule has 2 aromatic rings. The van der Waals surface area contributed by atoms with Gasteiger partial charge in [0, 0.05) is 25.0 Å². The van der Waals surface area contributed by atoms with Gasteiger partial charge in [-0.15, -0.1) is 0 Å². The van der Waals surface area contributed by atoms with Gasteiger partial charge in [0.2, 0.25) is 11.8 Å². The predicted octanol–water partition coefficient (Wildman–Crippen LogP) is 3.15. The van der Waals surface area contributed by atoms with E-state index in [9.17, 15) is 31.2 Å². The van der Waals surface area contributed by atoms with Gasteiger partial charge in [0.25, 0.3) is 0 Å². The lowest BCUT2D eigenvalue weighted by Crippen LogP contribution is -2.58. The first-order valence-electron chi connectivity index (χ1n) is 11.3. The predicted molar refractivity (Wildman–Crippen MR) is 125 cm³/mol. The third-order valence-corrected chi connectivity index (χ3v) is 8.51. The minimum atomic E-state index is -4.85. The van der Waals surface area contributed by atoms with Gasteiger partial charge in [0.1, 0.15) is 0 Å². The highest BCUT2D eigenvalue weighted by molar-refractivity contribution is 7.90. The number of nitriles is 1. The molecule has 8 nitrogen and oxygen atoms in total. The van der Waals surface area contributed by atoms with E-state index in [-0.39, 0.29) is 23.7 Å². The number of fused-ring (bicyclic) bond motifs is 5. The summed E-state index contributed by atoms with van der Waals surface area (Å²) >= 11 is 0. The van der Waals surface area contributed by atoms with Gasteiger partial charge >= 0.3 is 6.18 Å². The number of hydrogen-bond donors (Lipinski definition) is 0. The minimum Gasteiger partial charge on any atom is -0.366 e. The maximum atomic E-state index is 13.6.